The molecule has 0 saturated carbocycles. The number of allylic oxidation sites excluding steroid dienone is 1. The van der Waals surface area contributed by atoms with Crippen LogP contribution in [0.3, 0.4) is 0 Å². The number of hydrogen-bond acceptors (Lipinski definition) is 6. The van der Waals surface area contributed by atoms with Crippen molar-refractivity contribution in [1.29, 1.82) is 0 Å². The molecule has 5 rings (SSSR count). The van der Waals surface area contributed by atoms with Crippen molar-refractivity contribution in [3.05, 3.63) is 99.6 Å². The molecule has 8 nitrogen and oxygen atoms in total. The highest BCUT2D eigenvalue weighted by Gasteiger charge is 2.42. The van der Waals surface area contributed by atoms with Gasteiger partial charge in [0.2, 0.25) is 5.91 Å². The van der Waals surface area contributed by atoms with Gasteiger partial charge in [-0.2, -0.15) is 0 Å². The molecule has 0 bridgehead atoms. The van der Waals surface area contributed by atoms with Gasteiger partial charge >= 0.3 is 0 Å². The number of nitro groups is 1. The summed E-state index contributed by atoms with van der Waals surface area (Å²) in [6, 6.07) is 16.7. The normalized spacial score (nSPS) is 19.7. The van der Waals surface area contributed by atoms with Crippen LogP contribution in [0.1, 0.15) is 49.5 Å². The van der Waals surface area contributed by atoms with Gasteiger partial charge in [0, 0.05) is 36.2 Å². The number of non-ortho nitro benzene ring substituents is 1. The topological polar surface area (TPSA) is 106 Å². The lowest BCUT2D eigenvalue weighted by Gasteiger charge is -2.33. The van der Waals surface area contributed by atoms with Gasteiger partial charge in [-0.05, 0) is 42.2 Å². The number of anilines is 2. The predicted octanol–water partition coefficient (Wildman–Crippen LogP) is 5.50. The maximum Gasteiger partial charge on any atom is 0.269 e. The molecule has 0 saturated heterocycles. The van der Waals surface area contributed by atoms with Gasteiger partial charge in [0.05, 0.1) is 22.6 Å². The predicted molar refractivity (Wildman–Crippen MR) is 126 cm³/mol. The largest absolute Gasteiger partial charge is 0.467 e. The van der Waals surface area contributed by atoms with Crippen LogP contribution in [-0.4, -0.2) is 16.6 Å². The second-order valence-corrected chi connectivity index (χ2v) is 8.45. The average Bonchev–Trinajstić information content (AvgIpc) is 3.33. The zero-order chi connectivity index (χ0) is 23.8. The van der Waals surface area contributed by atoms with E-state index in [0.717, 1.165) is 11.3 Å². The Hall–Kier alpha value is -4.20. The molecule has 2 heterocycles. The number of nitro benzene ring substituents is 1. The van der Waals surface area contributed by atoms with Gasteiger partial charge < -0.3 is 9.73 Å². The summed E-state index contributed by atoms with van der Waals surface area (Å²) in [4.78, 5) is 39.4. The van der Waals surface area contributed by atoms with E-state index in [0.29, 0.717) is 29.1 Å². The zero-order valence-corrected chi connectivity index (χ0v) is 18.6. The van der Waals surface area contributed by atoms with E-state index in [1.54, 1.807) is 30.0 Å². The quantitative estimate of drug-likeness (QED) is 0.410. The lowest BCUT2D eigenvalue weighted by Crippen LogP contribution is -2.38. The van der Waals surface area contributed by atoms with Crippen molar-refractivity contribution in [1.82, 2.24) is 0 Å². The van der Waals surface area contributed by atoms with Crippen molar-refractivity contribution in [2.75, 3.05) is 10.2 Å². The Labute approximate surface area is 196 Å². The highest BCUT2D eigenvalue weighted by molar-refractivity contribution is 6.06. The number of nitrogens with zero attached hydrogens (tertiary/aromatic N) is 2. The Kier molecular flexibility index (Phi) is 5.49. The molecule has 1 aliphatic heterocycles. The number of amides is 1. The molecule has 1 aromatic heterocycles. The molecular formula is C26H23N3O5. The summed E-state index contributed by atoms with van der Waals surface area (Å²) >= 11 is 0. The number of hydrogen-bond donors (Lipinski definition) is 1. The van der Waals surface area contributed by atoms with Gasteiger partial charge in [0.15, 0.2) is 5.78 Å². The number of benzene rings is 2. The molecule has 0 fully saturated rings. The fraction of sp³-hybridized carbons (Fsp3) is 0.231. The van der Waals surface area contributed by atoms with Crippen molar-refractivity contribution >= 4 is 28.8 Å². The van der Waals surface area contributed by atoms with Crippen LogP contribution in [0.15, 0.2) is 82.6 Å². The van der Waals surface area contributed by atoms with Crippen LogP contribution in [0.25, 0.3) is 0 Å². The highest BCUT2D eigenvalue weighted by atomic mass is 16.6. The number of furan rings is 1. The Morgan fingerprint density at radius 1 is 1.15 bits per heavy atom. The van der Waals surface area contributed by atoms with E-state index in [2.05, 4.69) is 5.32 Å². The third-order valence-electron chi connectivity index (χ3n) is 6.42. The maximum absolute atomic E-state index is 13.7. The summed E-state index contributed by atoms with van der Waals surface area (Å²) in [5.74, 6) is 0.0396. The monoisotopic (exact) mass is 457 g/mol. The molecule has 0 spiro atoms. The summed E-state index contributed by atoms with van der Waals surface area (Å²) in [6.07, 6.45) is 2.46. The molecule has 2 atom stereocenters. The van der Waals surface area contributed by atoms with Crippen molar-refractivity contribution in [2.24, 2.45) is 0 Å². The van der Waals surface area contributed by atoms with Crippen LogP contribution in [0.5, 0.6) is 0 Å². The van der Waals surface area contributed by atoms with Gasteiger partial charge in [0.1, 0.15) is 11.8 Å². The second kappa shape index (κ2) is 8.62. The van der Waals surface area contributed by atoms with E-state index in [1.165, 1.54) is 18.4 Å². The Balaban J connectivity index is 1.66. The standard InChI is InChI=1S/C26H23N3O5/c1-2-24(31)28-21-10-4-3-9-19(21)27-20-14-17(16-7-5-8-18(13-16)29(32)33)15-22(30)25(20)26(28)23-11-6-12-34-23/h3-13,17,26-27H,2,14-15H2,1H3/t17-,26+/m0/s1. The molecule has 1 N–H and O–H groups in total. The number of para-hydroxylation sites is 2. The van der Waals surface area contributed by atoms with Gasteiger partial charge in [-0.25, -0.2) is 0 Å². The number of carbonyl (C=O) groups excluding carboxylic acids is 2. The highest BCUT2D eigenvalue weighted by Crippen LogP contribution is 2.47. The first-order chi connectivity index (χ1) is 16.5. The molecule has 34 heavy (non-hydrogen) atoms. The zero-order valence-electron chi connectivity index (χ0n) is 18.6. The summed E-state index contributed by atoms with van der Waals surface area (Å²) in [5, 5.41) is 14.7. The summed E-state index contributed by atoms with van der Waals surface area (Å²) in [5.41, 5.74) is 3.33. The van der Waals surface area contributed by atoms with Crippen molar-refractivity contribution in [3.8, 4) is 0 Å². The minimum absolute atomic E-state index is 0.00271. The van der Waals surface area contributed by atoms with Crippen LogP contribution in [0, 0.1) is 10.1 Å². The second-order valence-electron chi connectivity index (χ2n) is 8.45. The van der Waals surface area contributed by atoms with Crippen LogP contribution in [-0.2, 0) is 9.59 Å². The molecule has 1 amide bonds. The third-order valence-corrected chi connectivity index (χ3v) is 6.42. The molecule has 2 aliphatic rings. The number of nitrogens with one attached hydrogen (secondary N) is 1. The van der Waals surface area contributed by atoms with E-state index >= 15 is 0 Å². The van der Waals surface area contributed by atoms with Gasteiger partial charge in [-0.15, -0.1) is 0 Å². The van der Waals surface area contributed by atoms with Gasteiger partial charge in [0.25, 0.3) is 5.69 Å². The smallest absolute Gasteiger partial charge is 0.269 e. The molecule has 172 valence electrons. The van der Waals surface area contributed by atoms with E-state index in [1.807, 2.05) is 30.3 Å². The SMILES string of the molecule is CCC(=O)N1c2ccccc2NC2=C(C(=O)C[C@@H](c3cccc([N+](=O)[O-])c3)C2)[C@H]1c1ccco1. The van der Waals surface area contributed by atoms with E-state index in [9.17, 15) is 19.7 Å². The Morgan fingerprint density at radius 2 is 1.97 bits per heavy atom. The number of Topliss-reactive ketones (excluding diaryl/α,β-unsaturated/α-hetero) is 1. The summed E-state index contributed by atoms with van der Waals surface area (Å²) < 4.78 is 5.74. The van der Waals surface area contributed by atoms with Crippen LogP contribution in [0.4, 0.5) is 17.1 Å². The first-order valence-electron chi connectivity index (χ1n) is 11.2. The Morgan fingerprint density at radius 3 is 2.71 bits per heavy atom. The van der Waals surface area contributed by atoms with Crippen LogP contribution < -0.4 is 10.2 Å². The van der Waals surface area contributed by atoms with Gasteiger partial charge in [-0.3, -0.25) is 24.6 Å². The van der Waals surface area contributed by atoms with E-state index in [4.69, 9.17) is 4.42 Å². The molecule has 2 aromatic carbocycles. The first kappa shape index (κ1) is 21.6. The van der Waals surface area contributed by atoms with E-state index < -0.39 is 11.0 Å². The Bertz CT molecular complexity index is 1310. The van der Waals surface area contributed by atoms with Crippen molar-refractivity contribution in [3.63, 3.8) is 0 Å². The molecular weight excluding hydrogens is 434 g/mol. The van der Waals surface area contributed by atoms with Gasteiger partial charge in [-0.1, -0.05) is 31.2 Å². The molecule has 0 radical (unpaired) electrons. The lowest BCUT2D eigenvalue weighted by atomic mass is 9.79. The fourth-order valence-electron chi connectivity index (χ4n) is 4.88. The number of rotatable bonds is 4. The number of ketones is 1. The van der Waals surface area contributed by atoms with Crippen LogP contribution in [0.2, 0.25) is 0 Å². The summed E-state index contributed by atoms with van der Waals surface area (Å²) in [7, 11) is 0. The molecule has 3 aromatic rings. The molecule has 8 heteroatoms. The first-order valence-corrected chi connectivity index (χ1v) is 11.2. The molecule has 1 aliphatic carbocycles. The summed E-state index contributed by atoms with van der Waals surface area (Å²) in [6.45, 7) is 1.79. The van der Waals surface area contributed by atoms with Crippen LogP contribution >= 0.6 is 0 Å². The lowest BCUT2D eigenvalue weighted by molar-refractivity contribution is -0.384. The fourth-order valence-corrected chi connectivity index (χ4v) is 4.88. The minimum atomic E-state index is -0.702. The molecule has 0 unspecified atom stereocenters. The van der Waals surface area contributed by atoms with E-state index in [-0.39, 0.29) is 36.1 Å². The van der Waals surface area contributed by atoms with Crippen molar-refractivity contribution in [2.45, 2.75) is 38.1 Å². The minimum Gasteiger partial charge on any atom is -0.467 e. The average molecular weight is 457 g/mol. The maximum atomic E-state index is 13.7. The third kappa shape index (κ3) is 3.67. The number of carbonyl (C=O) groups is 2. The number of fused-ring (bicyclic) bond motifs is 1. The van der Waals surface area contributed by atoms with Crippen molar-refractivity contribution < 1.29 is 18.9 Å².